The molecule has 1 heterocycles. The largest absolute Gasteiger partial charge is 0.447 e. The van der Waals surface area contributed by atoms with Crippen LogP contribution in [0.3, 0.4) is 0 Å². The summed E-state index contributed by atoms with van der Waals surface area (Å²) in [7, 11) is 0. The van der Waals surface area contributed by atoms with Gasteiger partial charge >= 0.3 is 6.09 Å². The first-order valence-electron chi connectivity index (χ1n) is 4.68. The molecule has 1 atom stereocenters. The molecule has 4 heteroatoms. The first-order valence-corrected chi connectivity index (χ1v) is 4.68. The molecule has 0 bridgehead atoms. The molecule has 0 unspecified atom stereocenters. The Morgan fingerprint density at radius 2 is 2.13 bits per heavy atom. The molecule has 1 aromatic rings. The van der Waals surface area contributed by atoms with Crippen LogP contribution in [0.5, 0.6) is 0 Å². The maximum absolute atomic E-state index is 10.9. The topological polar surface area (TPSA) is 38.3 Å². The van der Waals surface area contributed by atoms with E-state index in [1.165, 1.54) is 11.1 Å². The fourth-order valence-electron chi connectivity index (χ4n) is 1.70. The smallest absolute Gasteiger partial charge is 0.407 e. The maximum Gasteiger partial charge on any atom is 0.407 e. The summed E-state index contributed by atoms with van der Waals surface area (Å²) in [6.45, 7) is 4.56. The van der Waals surface area contributed by atoms with Crippen LogP contribution in [0.4, 0.5) is 4.79 Å². The predicted molar refractivity (Wildman–Crippen MR) is 60.4 cm³/mol. The van der Waals surface area contributed by atoms with Gasteiger partial charge in [0.15, 0.2) is 0 Å². The predicted octanol–water partition coefficient (Wildman–Crippen LogP) is 2.51. The van der Waals surface area contributed by atoms with Crippen LogP contribution in [0, 0.1) is 13.8 Å². The molecule has 1 N–H and O–H groups in total. The lowest BCUT2D eigenvalue weighted by atomic mass is 9.98. The lowest BCUT2D eigenvalue weighted by Crippen LogP contribution is -2.19. The molecule has 0 aromatic heterocycles. The number of hydrogen-bond donors (Lipinski definition) is 1. The highest BCUT2D eigenvalue weighted by Crippen LogP contribution is 2.23. The number of ether oxygens (including phenoxy) is 1. The summed E-state index contributed by atoms with van der Waals surface area (Å²) < 4.78 is 4.86. The van der Waals surface area contributed by atoms with Gasteiger partial charge in [-0.2, -0.15) is 0 Å². The fourth-order valence-corrected chi connectivity index (χ4v) is 1.70. The Bertz CT molecular complexity index is 379. The molecule has 0 spiro atoms. The number of nitrogens with one attached hydrogen (secondary N) is 1. The molecule has 0 saturated carbocycles. The molecule has 1 aliphatic heterocycles. The monoisotopic (exact) mass is 227 g/mol. The Morgan fingerprint density at radius 1 is 1.40 bits per heavy atom. The zero-order valence-electron chi connectivity index (χ0n) is 8.74. The van der Waals surface area contributed by atoms with E-state index in [-0.39, 0.29) is 24.5 Å². The number of hydrogen-bond acceptors (Lipinski definition) is 2. The van der Waals surface area contributed by atoms with Gasteiger partial charge in [-0.15, -0.1) is 12.4 Å². The van der Waals surface area contributed by atoms with E-state index < -0.39 is 0 Å². The maximum atomic E-state index is 10.9. The Labute approximate surface area is 95.2 Å². The highest BCUT2D eigenvalue weighted by Gasteiger charge is 2.24. The third kappa shape index (κ3) is 2.23. The molecule has 2 rings (SSSR count). The van der Waals surface area contributed by atoms with Crippen LogP contribution < -0.4 is 5.32 Å². The van der Waals surface area contributed by atoms with E-state index in [9.17, 15) is 4.79 Å². The van der Waals surface area contributed by atoms with E-state index in [2.05, 4.69) is 25.2 Å². The van der Waals surface area contributed by atoms with Crippen molar-refractivity contribution in [2.45, 2.75) is 19.9 Å². The summed E-state index contributed by atoms with van der Waals surface area (Å²) in [6, 6.07) is 6.11. The van der Waals surface area contributed by atoms with Gasteiger partial charge in [0.25, 0.3) is 0 Å². The normalized spacial score (nSPS) is 19.1. The van der Waals surface area contributed by atoms with Gasteiger partial charge in [0.1, 0.15) is 6.61 Å². The summed E-state index contributed by atoms with van der Waals surface area (Å²) >= 11 is 0. The van der Waals surface area contributed by atoms with Gasteiger partial charge in [0, 0.05) is 0 Å². The van der Waals surface area contributed by atoms with Crippen molar-refractivity contribution in [1.29, 1.82) is 0 Å². The number of alkyl carbamates (subject to hydrolysis) is 1. The first kappa shape index (κ1) is 11.9. The van der Waals surface area contributed by atoms with Crippen molar-refractivity contribution in [2.75, 3.05) is 6.61 Å². The van der Waals surface area contributed by atoms with E-state index in [0.29, 0.717) is 6.61 Å². The number of rotatable bonds is 1. The molecule has 0 aliphatic carbocycles. The van der Waals surface area contributed by atoms with E-state index in [1.54, 1.807) is 0 Å². The molecule has 1 amide bonds. The highest BCUT2D eigenvalue weighted by molar-refractivity contribution is 5.85. The molecule has 3 nitrogen and oxygen atoms in total. The van der Waals surface area contributed by atoms with Crippen molar-refractivity contribution >= 4 is 18.5 Å². The summed E-state index contributed by atoms with van der Waals surface area (Å²) in [6.07, 6.45) is -0.323. The molecule has 1 fully saturated rings. The number of amides is 1. The Kier molecular flexibility index (Phi) is 3.58. The first-order chi connectivity index (χ1) is 6.68. The van der Waals surface area contributed by atoms with Crippen molar-refractivity contribution in [3.05, 3.63) is 34.9 Å². The summed E-state index contributed by atoms with van der Waals surface area (Å²) in [5.74, 6) is 0. The number of benzene rings is 1. The SMILES string of the molecule is Cc1cccc([C@H]2COC(=O)N2)c1C.Cl. The lowest BCUT2D eigenvalue weighted by molar-refractivity contribution is 0.177. The van der Waals surface area contributed by atoms with Crippen LogP contribution in [0.15, 0.2) is 18.2 Å². The second kappa shape index (κ2) is 4.53. The van der Waals surface area contributed by atoms with Gasteiger partial charge in [-0.05, 0) is 30.5 Å². The van der Waals surface area contributed by atoms with E-state index in [0.717, 1.165) is 5.56 Å². The van der Waals surface area contributed by atoms with E-state index in [4.69, 9.17) is 4.74 Å². The lowest BCUT2D eigenvalue weighted by Gasteiger charge is -2.12. The van der Waals surface area contributed by atoms with Gasteiger partial charge in [-0.1, -0.05) is 18.2 Å². The summed E-state index contributed by atoms with van der Waals surface area (Å²) in [5, 5.41) is 2.78. The van der Waals surface area contributed by atoms with Gasteiger partial charge in [-0.3, -0.25) is 0 Å². The fraction of sp³-hybridized carbons (Fsp3) is 0.364. The number of aryl methyl sites for hydroxylation is 1. The van der Waals surface area contributed by atoms with Crippen molar-refractivity contribution in [1.82, 2.24) is 5.32 Å². The number of carbonyl (C=O) groups is 1. The van der Waals surface area contributed by atoms with Crippen molar-refractivity contribution in [3.63, 3.8) is 0 Å². The second-order valence-electron chi connectivity index (χ2n) is 3.58. The molecule has 82 valence electrons. The van der Waals surface area contributed by atoms with Crippen LogP contribution in [0.25, 0.3) is 0 Å². The standard InChI is InChI=1S/C11H13NO2.ClH/c1-7-4-3-5-9(8(7)2)10-6-14-11(13)12-10;/h3-5,10H,6H2,1-2H3,(H,12,13);1H/t10-;/m1./s1. The van der Waals surface area contributed by atoms with E-state index >= 15 is 0 Å². The van der Waals surface area contributed by atoms with Crippen molar-refractivity contribution in [3.8, 4) is 0 Å². The van der Waals surface area contributed by atoms with Crippen LogP contribution in [0.1, 0.15) is 22.7 Å². The highest BCUT2D eigenvalue weighted by atomic mass is 35.5. The molecule has 1 saturated heterocycles. The summed E-state index contributed by atoms with van der Waals surface area (Å²) in [5.41, 5.74) is 3.61. The number of cyclic esters (lactones) is 1. The number of carbonyl (C=O) groups excluding carboxylic acids is 1. The van der Waals surface area contributed by atoms with Gasteiger partial charge in [0.05, 0.1) is 6.04 Å². The van der Waals surface area contributed by atoms with Crippen LogP contribution >= 0.6 is 12.4 Å². The van der Waals surface area contributed by atoms with Crippen molar-refractivity contribution < 1.29 is 9.53 Å². The van der Waals surface area contributed by atoms with Crippen LogP contribution in [-0.2, 0) is 4.74 Å². The third-order valence-corrected chi connectivity index (χ3v) is 2.70. The molecular formula is C11H14ClNO2. The van der Waals surface area contributed by atoms with Gasteiger partial charge in [0.2, 0.25) is 0 Å². The zero-order valence-corrected chi connectivity index (χ0v) is 9.56. The molecule has 1 aromatic carbocycles. The van der Waals surface area contributed by atoms with Gasteiger partial charge < -0.3 is 10.1 Å². The molecular weight excluding hydrogens is 214 g/mol. The molecule has 0 radical (unpaired) electrons. The minimum atomic E-state index is -0.323. The Balaban J connectivity index is 0.00000112. The second-order valence-corrected chi connectivity index (χ2v) is 3.58. The minimum absolute atomic E-state index is 0. The van der Waals surface area contributed by atoms with Crippen LogP contribution in [0.2, 0.25) is 0 Å². The van der Waals surface area contributed by atoms with Crippen molar-refractivity contribution in [2.24, 2.45) is 0 Å². The summed E-state index contributed by atoms with van der Waals surface area (Å²) in [4.78, 5) is 10.9. The average Bonchev–Trinajstić information content (AvgIpc) is 2.57. The number of halogens is 1. The van der Waals surface area contributed by atoms with Crippen LogP contribution in [-0.4, -0.2) is 12.7 Å². The minimum Gasteiger partial charge on any atom is -0.447 e. The third-order valence-electron chi connectivity index (χ3n) is 2.70. The van der Waals surface area contributed by atoms with E-state index in [1.807, 2.05) is 12.1 Å². The van der Waals surface area contributed by atoms with Gasteiger partial charge in [-0.25, -0.2) is 4.79 Å². The molecule has 15 heavy (non-hydrogen) atoms. The Hall–Kier alpha value is -1.22. The quantitative estimate of drug-likeness (QED) is 0.801. The Morgan fingerprint density at radius 3 is 2.73 bits per heavy atom. The zero-order chi connectivity index (χ0) is 10.1. The molecule has 1 aliphatic rings. The average molecular weight is 228 g/mol.